The lowest BCUT2D eigenvalue weighted by Crippen LogP contribution is -2.19. The lowest BCUT2D eigenvalue weighted by atomic mass is 10.1. The number of ether oxygens (including phenoxy) is 1. The maximum Gasteiger partial charge on any atom is 0.152 e. The molecule has 0 fully saturated rings. The highest BCUT2D eigenvalue weighted by atomic mass is 19.1. The van der Waals surface area contributed by atoms with E-state index in [1.165, 1.54) is 12.1 Å². The number of fused-ring (bicyclic) bond motifs is 1. The minimum Gasteiger partial charge on any atom is -0.396 e. The zero-order valence-electron chi connectivity index (χ0n) is 10.9. The number of imidazole rings is 1. The molecule has 3 rings (SSSR count). The van der Waals surface area contributed by atoms with Gasteiger partial charge in [-0.2, -0.15) is 0 Å². The lowest BCUT2D eigenvalue weighted by Gasteiger charge is -2.17. The molecule has 1 aliphatic rings. The van der Waals surface area contributed by atoms with Crippen LogP contribution >= 0.6 is 0 Å². The molecule has 0 bridgehead atoms. The van der Waals surface area contributed by atoms with Gasteiger partial charge in [0.05, 0.1) is 12.3 Å². The third-order valence-electron chi connectivity index (χ3n) is 3.56. The second kappa shape index (κ2) is 5.20. The monoisotopic (exact) mass is 279 g/mol. The van der Waals surface area contributed by atoms with E-state index in [1.54, 1.807) is 6.20 Å². The van der Waals surface area contributed by atoms with Crippen LogP contribution in [0.1, 0.15) is 17.1 Å². The molecule has 0 aliphatic carbocycles. The molecule has 0 atom stereocenters. The van der Waals surface area contributed by atoms with Crippen LogP contribution in [0.3, 0.4) is 0 Å². The maximum atomic E-state index is 13.8. The molecule has 4 nitrogen and oxygen atoms in total. The predicted octanol–water partition coefficient (Wildman–Crippen LogP) is 2.06. The summed E-state index contributed by atoms with van der Waals surface area (Å²) in [5, 5.41) is 0. The molecule has 6 heteroatoms. The van der Waals surface area contributed by atoms with Gasteiger partial charge in [0.1, 0.15) is 18.2 Å². The van der Waals surface area contributed by atoms with E-state index in [1.807, 2.05) is 4.57 Å². The second-order valence-corrected chi connectivity index (χ2v) is 4.80. The summed E-state index contributed by atoms with van der Waals surface area (Å²) in [5.74, 6) is -0.357. The van der Waals surface area contributed by atoms with Crippen LogP contribution in [-0.2, 0) is 30.7 Å². The van der Waals surface area contributed by atoms with Crippen molar-refractivity contribution in [1.82, 2.24) is 9.55 Å². The molecule has 0 amide bonds. The van der Waals surface area contributed by atoms with E-state index in [2.05, 4.69) is 4.98 Å². The first kappa shape index (κ1) is 13.1. The molecule has 0 spiro atoms. The van der Waals surface area contributed by atoms with E-state index in [0.717, 1.165) is 18.1 Å². The molecule has 106 valence electrons. The van der Waals surface area contributed by atoms with E-state index < -0.39 is 11.6 Å². The van der Waals surface area contributed by atoms with Crippen molar-refractivity contribution in [2.45, 2.75) is 26.0 Å². The van der Waals surface area contributed by atoms with Crippen molar-refractivity contribution in [3.8, 4) is 0 Å². The van der Waals surface area contributed by atoms with Gasteiger partial charge in [0.2, 0.25) is 0 Å². The van der Waals surface area contributed by atoms with Crippen LogP contribution in [0.5, 0.6) is 0 Å². The highest BCUT2D eigenvalue weighted by Gasteiger charge is 2.16. The van der Waals surface area contributed by atoms with Gasteiger partial charge in [-0.15, -0.1) is 0 Å². The van der Waals surface area contributed by atoms with Gasteiger partial charge in [0.15, 0.2) is 5.82 Å². The summed E-state index contributed by atoms with van der Waals surface area (Å²) in [6.45, 7) is 1.85. The fraction of sp³-hybridized carbons (Fsp3) is 0.357. The van der Waals surface area contributed by atoms with Crippen molar-refractivity contribution in [2.75, 3.05) is 12.3 Å². The Kier molecular flexibility index (Phi) is 3.40. The number of aryl methyl sites for hydroxylation is 1. The third-order valence-corrected chi connectivity index (χ3v) is 3.56. The third kappa shape index (κ3) is 2.27. The van der Waals surface area contributed by atoms with Gasteiger partial charge in [-0.25, -0.2) is 13.8 Å². The maximum absolute atomic E-state index is 13.8. The summed E-state index contributed by atoms with van der Waals surface area (Å²) in [5.41, 5.74) is 6.45. The first-order valence-corrected chi connectivity index (χ1v) is 6.50. The van der Waals surface area contributed by atoms with Crippen LogP contribution in [0.2, 0.25) is 0 Å². The summed E-state index contributed by atoms with van der Waals surface area (Å²) < 4.78 is 34.8. The minimum atomic E-state index is -0.660. The summed E-state index contributed by atoms with van der Waals surface area (Å²) in [6, 6.07) is 2.44. The van der Waals surface area contributed by atoms with Gasteiger partial charge in [0, 0.05) is 24.0 Å². The largest absolute Gasteiger partial charge is 0.396 e. The number of nitrogens with two attached hydrogens (primary N) is 1. The highest BCUT2D eigenvalue weighted by Crippen LogP contribution is 2.21. The molecule has 2 heterocycles. The number of hydrogen-bond acceptors (Lipinski definition) is 3. The normalized spacial score (nSPS) is 14.3. The number of halogens is 2. The van der Waals surface area contributed by atoms with E-state index >= 15 is 0 Å². The van der Waals surface area contributed by atoms with Crippen LogP contribution in [0.15, 0.2) is 18.3 Å². The van der Waals surface area contributed by atoms with Gasteiger partial charge in [-0.1, -0.05) is 0 Å². The summed E-state index contributed by atoms with van der Waals surface area (Å²) in [4.78, 5) is 4.26. The number of rotatable bonds is 3. The fourth-order valence-corrected chi connectivity index (χ4v) is 2.46. The zero-order valence-corrected chi connectivity index (χ0v) is 10.9. The van der Waals surface area contributed by atoms with Crippen LogP contribution in [0.4, 0.5) is 14.5 Å². The Balaban J connectivity index is 1.80. The Hall–Kier alpha value is -1.95. The molecule has 0 saturated carbocycles. The topological polar surface area (TPSA) is 53.1 Å². The summed E-state index contributed by atoms with van der Waals surface area (Å²) in [6.07, 6.45) is 2.52. The Bertz CT molecular complexity index is 640. The Labute approximate surface area is 115 Å². The molecule has 1 aromatic carbocycles. The Morgan fingerprint density at radius 3 is 3.00 bits per heavy atom. The Morgan fingerprint density at radius 2 is 2.15 bits per heavy atom. The van der Waals surface area contributed by atoms with Crippen molar-refractivity contribution in [2.24, 2.45) is 0 Å². The number of hydrogen-bond donors (Lipinski definition) is 1. The quantitative estimate of drug-likeness (QED) is 0.875. The molecular formula is C14H15F2N3O. The average Bonchev–Trinajstić information content (AvgIpc) is 2.87. The smallest absolute Gasteiger partial charge is 0.152 e. The average molecular weight is 279 g/mol. The SMILES string of the molecule is Nc1ccc(F)c(CCc2cnc3n2CCOC3)c1F. The van der Waals surface area contributed by atoms with Crippen LogP contribution < -0.4 is 5.73 Å². The van der Waals surface area contributed by atoms with E-state index in [-0.39, 0.29) is 17.7 Å². The molecule has 0 radical (unpaired) electrons. The first-order valence-electron chi connectivity index (χ1n) is 6.50. The van der Waals surface area contributed by atoms with Crippen molar-refractivity contribution in [3.63, 3.8) is 0 Å². The van der Waals surface area contributed by atoms with E-state index in [0.29, 0.717) is 19.6 Å². The molecular weight excluding hydrogens is 264 g/mol. The van der Waals surface area contributed by atoms with Crippen LogP contribution in [0, 0.1) is 11.6 Å². The molecule has 1 aliphatic heterocycles. The fourth-order valence-electron chi connectivity index (χ4n) is 2.46. The highest BCUT2D eigenvalue weighted by molar-refractivity contribution is 5.43. The van der Waals surface area contributed by atoms with Crippen LogP contribution in [-0.4, -0.2) is 16.2 Å². The summed E-state index contributed by atoms with van der Waals surface area (Å²) >= 11 is 0. The molecule has 0 saturated heterocycles. The summed E-state index contributed by atoms with van der Waals surface area (Å²) in [7, 11) is 0. The van der Waals surface area contributed by atoms with Gasteiger partial charge >= 0.3 is 0 Å². The number of nitrogen functional groups attached to an aromatic ring is 1. The molecule has 2 N–H and O–H groups in total. The van der Waals surface area contributed by atoms with Crippen molar-refractivity contribution < 1.29 is 13.5 Å². The van der Waals surface area contributed by atoms with Gasteiger partial charge < -0.3 is 15.0 Å². The van der Waals surface area contributed by atoms with E-state index in [4.69, 9.17) is 10.5 Å². The predicted molar refractivity (Wildman–Crippen MR) is 70.1 cm³/mol. The van der Waals surface area contributed by atoms with Crippen molar-refractivity contribution in [1.29, 1.82) is 0 Å². The molecule has 2 aromatic rings. The van der Waals surface area contributed by atoms with Gasteiger partial charge in [-0.05, 0) is 25.0 Å². The van der Waals surface area contributed by atoms with Crippen molar-refractivity contribution in [3.05, 3.63) is 47.0 Å². The number of aromatic nitrogens is 2. The molecule has 0 unspecified atom stereocenters. The molecule has 1 aromatic heterocycles. The number of anilines is 1. The standard InChI is InChI=1S/C14H15F2N3O/c15-11-3-4-12(17)14(16)10(11)2-1-9-7-18-13-8-20-6-5-19(9)13/h3-4,7H,1-2,5-6,8,17H2. The van der Waals surface area contributed by atoms with Crippen molar-refractivity contribution >= 4 is 5.69 Å². The number of benzene rings is 1. The number of nitrogens with zero attached hydrogens (tertiary/aromatic N) is 2. The lowest BCUT2D eigenvalue weighted by molar-refractivity contribution is 0.0806. The van der Waals surface area contributed by atoms with Gasteiger partial charge in [-0.3, -0.25) is 0 Å². The molecule has 20 heavy (non-hydrogen) atoms. The van der Waals surface area contributed by atoms with Gasteiger partial charge in [0.25, 0.3) is 0 Å². The first-order chi connectivity index (χ1) is 9.66. The van der Waals surface area contributed by atoms with Crippen LogP contribution in [0.25, 0.3) is 0 Å². The minimum absolute atomic E-state index is 0.0230. The van der Waals surface area contributed by atoms with E-state index in [9.17, 15) is 8.78 Å². The Morgan fingerprint density at radius 1 is 1.30 bits per heavy atom. The zero-order chi connectivity index (χ0) is 14.1. The second-order valence-electron chi connectivity index (χ2n) is 4.80.